The molecule has 7 heteroatoms. The molecule has 1 aromatic carbocycles. The monoisotopic (exact) mass is 377 g/mol. The summed E-state index contributed by atoms with van der Waals surface area (Å²) in [6, 6.07) is 8.29. The lowest BCUT2D eigenvalue weighted by Gasteiger charge is -2.46. The summed E-state index contributed by atoms with van der Waals surface area (Å²) >= 11 is 0. The van der Waals surface area contributed by atoms with E-state index < -0.39 is 29.5 Å². The lowest BCUT2D eigenvalue weighted by Crippen LogP contribution is -2.55. The van der Waals surface area contributed by atoms with Crippen LogP contribution in [0.5, 0.6) is 0 Å². The Morgan fingerprint density at radius 1 is 1.15 bits per heavy atom. The number of ether oxygens (including phenoxy) is 2. The second-order valence-corrected chi connectivity index (χ2v) is 7.43. The van der Waals surface area contributed by atoms with E-state index in [0.717, 1.165) is 0 Å². The van der Waals surface area contributed by atoms with Crippen molar-refractivity contribution in [2.45, 2.75) is 45.3 Å². The number of carbonyl (C=O) groups excluding carboxylic acids is 3. The summed E-state index contributed by atoms with van der Waals surface area (Å²) in [5.74, 6) is -2.81. The highest BCUT2D eigenvalue weighted by atomic mass is 16.7. The van der Waals surface area contributed by atoms with Crippen molar-refractivity contribution in [3.63, 3.8) is 0 Å². The van der Waals surface area contributed by atoms with Gasteiger partial charge in [-0.25, -0.2) is 5.06 Å². The van der Waals surface area contributed by atoms with Gasteiger partial charge in [-0.2, -0.15) is 0 Å². The van der Waals surface area contributed by atoms with Gasteiger partial charge in [-0.3, -0.25) is 19.2 Å². The van der Waals surface area contributed by atoms with Gasteiger partial charge in [0.1, 0.15) is 0 Å². The first-order valence-corrected chi connectivity index (χ1v) is 8.93. The van der Waals surface area contributed by atoms with Crippen molar-refractivity contribution in [2.75, 3.05) is 14.2 Å². The van der Waals surface area contributed by atoms with Crippen LogP contribution in [0.3, 0.4) is 0 Å². The molecule has 27 heavy (non-hydrogen) atoms. The van der Waals surface area contributed by atoms with Crippen LogP contribution in [0.25, 0.3) is 0 Å². The third-order valence-corrected chi connectivity index (χ3v) is 4.79. The van der Waals surface area contributed by atoms with Gasteiger partial charge in [-0.05, 0) is 44.7 Å². The zero-order valence-electron chi connectivity index (χ0n) is 16.4. The fourth-order valence-electron chi connectivity index (χ4n) is 3.56. The van der Waals surface area contributed by atoms with E-state index in [2.05, 4.69) is 0 Å². The van der Waals surface area contributed by atoms with Gasteiger partial charge in [-0.1, -0.05) is 25.1 Å². The van der Waals surface area contributed by atoms with Crippen LogP contribution in [-0.4, -0.2) is 48.8 Å². The van der Waals surface area contributed by atoms with Gasteiger partial charge in [0.05, 0.1) is 25.9 Å². The first kappa shape index (κ1) is 20.9. The predicted octanol–water partition coefficient (Wildman–Crippen LogP) is 2.60. The lowest BCUT2D eigenvalue weighted by atomic mass is 9.82. The molecule has 0 aromatic heterocycles. The molecule has 0 N–H and O–H groups in total. The summed E-state index contributed by atoms with van der Waals surface area (Å²) < 4.78 is 9.50. The summed E-state index contributed by atoms with van der Waals surface area (Å²) in [6.45, 7) is 5.79. The van der Waals surface area contributed by atoms with Crippen LogP contribution >= 0.6 is 0 Å². The van der Waals surface area contributed by atoms with Gasteiger partial charge in [-0.15, -0.1) is 0 Å². The van der Waals surface area contributed by atoms with Gasteiger partial charge >= 0.3 is 11.9 Å². The number of hydrogen-bond acceptors (Lipinski definition) is 6. The Labute approximate surface area is 159 Å². The molecule has 1 heterocycles. The van der Waals surface area contributed by atoms with E-state index in [-0.39, 0.29) is 18.2 Å². The van der Waals surface area contributed by atoms with E-state index in [9.17, 15) is 14.4 Å². The van der Waals surface area contributed by atoms with Crippen LogP contribution in [0.1, 0.15) is 44.0 Å². The van der Waals surface area contributed by atoms with Crippen molar-refractivity contribution in [3.8, 4) is 0 Å². The number of amides is 1. The molecule has 1 aliphatic heterocycles. The standard InChI is InChI=1S/C20H27NO6/c1-13-12-20(2,3)27-21(17(22)14-9-7-6-8-10-14)16(13)11-15(18(23)25-4)19(24)26-5/h6-10,13,15-16H,11-12H2,1-5H3/t13-,16+/m1/s1. The summed E-state index contributed by atoms with van der Waals surface area (Å²) in [5.41, 5.74) is -0.0769. The summed E-state index contributed by atoms with van der Waals surface area (Å²) in [6.07, 6.45) is 0.737. The average Bonchev–Trinajstić information content (AvgIpc) is 2.65. The molecule has 0 radical (unpaired) electrons. The minimum absolute atomic E-state index is 0.00164. The maximum atomic E-state index is 13.1. The summed E-state index contributed by atoms with van der Waals surface area (Å²) in [5, 5.41) is 1.31. The van der Waals surface area contributed by atoms with Crippen LogP contribution in [0, 0.1) is 11.8 Å². The zero-order chi connectivity index (χ0) is 20.2. The molecule has 1 aliphatic rings. The Bertz CT molecular complexity index is 671. The van der Waals surface area contributed by atoms with E-state index in [1.807, 2.05) is 26.8 Å². The Kier molecular flexibility index (Phi) is 6.59. The van der Waals surface area contributed by atoms with Crippen molar-refractivity contribution < 1.29 is 28.7 Å². The van der Waals surface area contributed by atoms with Crippen LogP contribution in [0.15, 0.2) is 30.3 Å². The lowest BCUT2D eigenvalue weighted by molar-refractivity contribution is -0.267. The topological polar surface area (TPSA) is 82.1 Å². The van der Waals surface area contributed by atoms with E-state index >= 15 is 0 Å². The smallest absolute Gasteiger partial charge is 0.320 e. The maximum Gasteiger partial charge on any atom is 0.320 e. The fraction of sp³-hybridized carbons (Fsp3) is 0.550. The molecular weight excluding hydrogens is 350 g/mol. The second kappa shape index (κ2) is 8.52. The fourth-order valence-corrected chi connectivity index (χ4v) is 3.56. The van der Waals surface area contributed by atoms with Crippen LogP contribution in [0.4, 0.5) is 0 Å². The third kappa shape index (κ3) is 4.86. The van der Waals surface area contributed by atoms with Gasteiger partial charge in [0.15, 0.2) is 5.92 Å². The number of esters is 2. The number of rotatable bonds is 5. The number of carbonyl (C=O) groups is 3. The molecule has 1 amide bonds. The molecule has 148 valence electrons. The minimum Gasteiger partial charge on any atom is -0.468 e. The predicted molar refractivity (Wildman–Crippen MR) is 97.5 cm³/mol. The van der Waals surface area contributed by atoms with E-state index in [1.54, 1.807) is 24.3 Å². The number of hydrogen-bond donors (Lipinski definition) is 0. The molecule has 0 aliphatic carbocycles. The molecule has 0 bridgehead atoms. The van der Waals surface area contributed by atoms with Gasteiger partial charge in [0.2, 0.25) is 0 Å². The van der Waals surface area contributed by atoms with Crippen LogP contribution < -0.4 is 0 Å². The Morgan fingerprint density at radius 3 is 2.22 bits per heavy atom. The average molecular weight is 377 g/mol. The van der Waals surface area contributed by atoms with Crippen LogP contribution in [0.2, 0.25) is 0 Å². The molecule has 0 saturated carbocycles. The quantitative estimate of drug-likeness (QED) is 0.579. The van der Waals surface area contributed by atoms with E-state index in [4.69, 9.17) is 14.3 Å². The van der Waals surface area contributed by atoms with Crippen LogP contribution in [-0.2, 0) is 23.9 Å². The Balaban J connectivity index is 2.35. The molecule has 2 atom stereocenters. The normalized spacial score (nSPS) is 21.6. The molecular formula is C20H27NO6. The second-order valence-electron chi connectivity index (χ2n) is 7.43. The largest absolute Gasteiger partial charge is 0.468 e. The number of benzene rings is 1. The van der Waals surface area contributed by atoms with Gasteiger partial charge in [0, 0.05) is 5.56 Å². The number of nitrogens with zero attached hydrogens (tertiary/aromatic N) is 1. The summed E-state index contributed by atoms with van der Waals surface area (Å²) in [4.78, 5) is 43.3. The molecule has 0 unspecified atom stereocenters. The third-order valence-electron chi connectivity index (χ3n) is 4.79. The first-order chi connectivity index (χ1) is 12.7. The van der Waals surface area contributed by atoms with E-state index in [0.29, 0.717) is 12.0 Å². The molecule has 1 aromatic rings. The maximum absolute atomic E-state index is 13.1. The SMILES string of the molecule is COC(=O)C(C[C@H]1[C@H](C)CC(C)(C)ON1C(=O)c1ccccc1)C(=O)OC. The molecule has 2 rings (SSSR count). The number of hydroxylamine groups is 2. The molecule has 7 nitrogen and oxygen atoms in total. The summed E-state index contributed by atoms with van der Waals surface area (Å²) in [7, 11) is 2.43. The Morgan fingerprint density at radius 2 is 1.70 bits per heavy atom. The van der Waals surface area contributed by atoms with Crippen molar-refractivity contribution >= 4 is 17.8 Å². The van der Waals surface area contributed by atoms with E-state index in [1.165, 1.54) is 19.3 Å². The molecule has 0 spiro atoms. The highest BCUT2D eigenvalue weighted by Gasteiger charge is 2.45. The Hall–Kier alpha value is -2.41. The highest BCUT2D eigenvalue weighted by molar-refractivity contribution is 5.95. The van der Waals surface area contributed by atoms with Crippen molar-refractivity contribution in [1.82, 2.24) is 5.06 Å². The molecule has 1 fully saturated rings. The van der Waals surface area contributed by atoms with Gasteiger partial charge < -0.3 is 9.47 Å². The van der Waals surface area contributed by atoms with Crippen molar-refractivity contribution in [1.29, 1.82) is 0 Å². The first-order valence-electron chi connectivity index (χ1n) is 8.93. The van der Waals surface area contributed by atoms with Gasteiger partial charge in [0.25, 0.3) is 5.91 Å². The van der Waals surface area contributed by atoms with Crippen molar-refractivity contribution in [3.05, 3.63) is 35.9 Å². The zero-order valence-corrected chi connectivity index (χ0v) is 16.4. The minimum atomic E-state index is -1.12. The van der Waals surface area contributed by atoms with Crippen molar-refractivity contribution in [2.24, 2.45) is 11.8 Å². The highest BCUT2D eigenvalue weighted by Crippen LogP contribution is 2.36. The number of methoxy groups -OCH3 is 2. The molecule has 1 saturated heterocycles.